The van der Waals surface area contributed by atoms with Crippen molar-refractivity contribution in [2.75, 3.05) is 7.11 Å². The second-order valence-electron chi connectivity index (χ2n) is 3.86. The van der Waals surface area contributed by atoms with E-state index in [0.29, 0.717) is 5.38 Å². The van der Waals surface area contributed by atoms with Gasteiger partial charge in [-0.15, -0.1) is 11.6 Å². The van der Waals surface area contributed by atoms with Gasteiger partial charge in [0, 0.05) is 12.5 Å². The Morgan fingerprint density at radius 1 is 1.42 bits per heavy atom. The lowest BCUT2D eigenvalue weighted by molar-refractivity contribution is 0.0135. The Balaban J connectivity index is 3.42. The van der Waals surface area contributed by atoms with Gasteiger partial charge in [-0.3, -0.25) is 0 Å². The van der Waals surface area contributed by atoms with Gasteiger partial charge in [0.05, 0.1) is 5.60 Å². The minimum Gasteiger partial charge on any atom is -0.379 e. The number of hydrogen-bond donors (Lipinski definition) is 0. The van der Waals surface area contributed by atoms with Crippen LogP contribution in [0.3, 0.4) is 0 Å². The summed E-state index contributed by atoms with van der Waals surface area (Å²) in [6, 6.07) is 0. The van der Waals surface area contributed by atoms with Crippen molar-refractivity contribution in [2.24, 2.45) is 0 Å². The third kappa shape index (κ3) is 5.84. The van der Waals surface area contributed by atoms with Crippen LogP contribution in [0.25, 0.3) is 0 Å². The maximum absolute atomic E-state index is 6.00. The number of alkyl halides is 1. The Labute approximate surface area is 81.4 Å². The lowest BCUT2D eigenvalue weighted by Gasteiger charge is -2.22. The van der Waals surface area contributed by atoms with Gasteiger partial charge >= 0.3 is 0 Å². The minimum atomic E-state index is 0.0182. The number of methoxy groups -OCH3 is 1. The van der Waals surface area contributed by atoms with Crippen molar-refractivity contribution in [3.8, 4) is 0 Å². The number of hydrogen-bond acceptors (Lipinski definition) is 1. The maximum Gasteiger partial charge on any atom is 0.0622 e. The Morgan fingerprint density at radius 3 is 2.42 bits per heavy atom. The molecule has 0 aromatic heterocycles. The number of ether oxygens (including phenoxy) is 1. The molecule has 0 N–H and O–H groups in total. The average Bonchev–Trinajstić information content (AvgIpc) is 2.04. The predicted octanol–water partition coefficient (Wildman–Crippen LogP) is 3.60. The highest BCUT2D eigenvalue weighted by molar-refractivity contribution is 6.20. The van der Waals surface area contributed by atoms with Crippen molar-refractivity contribution in [3.63, 3.8) is 0 Å². The fourth-order valence-corrected chi connectivity index (χ4v) is 1.21. The third-order valence-corrected chi connectivity index (χ3v) is 2.82. The normalized spacial score (nSPS) is 14.8. The molecule has 0 aliphatic heterocycles. The molecule has 0 spiro atoms. The zero-order valence-corrected chi connectivity index (χ0v) is 9.45. The van der Waals surface area contributed by atoms with Crippen LogP contribution in [0, 0.1) is 0 Å². The van der Waals surface area contributed by atoms with Gasteiger partial charge in [0.25, 0.3) is 0 Å². The van der Waals surface area contributed by atoms with E-state index in [-0.39, 0.29) is 5.60 Å². The van der Waals surface area contributed by atoms with Crippen LogP contribution in [0.1, 0.15) is 46.5 Å². The molecule has 12 heavy (non-hydrogen) atoms. The Hall–Kier alpha value is 0.250. The zero-order valence-electron chi connectivity index (χ0n) is 8.69. The fraction of sp³-hybridized carbons (Fsp3) is 1.00. The summed E-state index contributed by atoms with van der Waals surface area (Å²) < 4.78 is 5.31. The van der Waals surface area contributed by atoms with E-state index >= 15 is 0 Å². The van der Waals surface area contributed by atoms with Crippen molar-refractivity contribution >= 4 is 11.6 Å². The van der Waals surface area contributed by atoms with Crippen molar-refractivity contribution in [3.05, 3.63) is 0 Å². The molecule has 0 saturated heterocycles. The van der Waals surface area contributed by atoms with Crippen molar-refractivity contribution in [2.45, 2.75) is 57.4 Å². The molecule has 0 aliphatic carbocycles. The van der Waals surface area contributed by atoms with Gasteiger partial charge in [-0.05, 0) is 39.5 Å². The monoisotopic (exact) mass is 192 g/mol. The summed E-state index contributed by atoms with van der Waals surface area (Å²) in [6.45, 7) is 6.35. The maximum atomic E-state index is 6.00. The summed E-state index contributed by atoms with van der Waals surface area (Å²) >= 11 is 6.00. The van der Waals surface area contributed by atoms with Gasteiger partial charge < -0.3 is 4.74 Å². The predicted molar refractivity (Wildman–Crippen MR) is 54.9 cm³/mol. The first kappa shape index (κ1) is 12.2. The second kappa shape index (κ2) is 5.82. The molecule has 0 heterocycles. The molecule has 0 radical (unpaired) electrons. The van der Waals surface area contributed by atoms with Gasteiger partial charge in [0.15, 0.2) is 0 Å². The van der Waals surface area contributed by atoms with Crippen LogP contribution in [0.2, 0.25) is 0 Å². The van der Waals surface area contributed by atoms with Gasteiger partial charge in [0.2, 0.25) is 0 Å². The highest BCUT2D eigenvalue weighted by Gasteiger charge is 2.15. The first-order chi connectivity index (χ1) is 5.52. The summed E-state index contributed by atoms with van der Waals surface area (Å²) in [5, 5.41) is 0.345. The molecule has 0 bridgehead atoms. The topological polar surface area (TPSA) is 9.23 Å². The highest BCUT2D eigenvalue weighted by atomic mass is 35.5. The molecular weight excluding hydrogens is 172 g/mol. The average molecular weight is 193 g/mol. The molecule has 1 nitrogen and oxygen atoms in total. The van der Waals surface area contributed by atoms with E-state index in [1.54, 1.807) is 7.11 Å². The van der Waals surface area contributed by atoms with Crippen LogP contribution in [0.15, 0.2) is 0 Å². The van der Waals surface area contributed by atoms with Gasteiger partial charge in [-0.1, -0.05) is 6.92 Å². The van der Waals surface area contributed by atoms with Crippen LogP contribution in [-0.2, 0) is 4.74 Å². The van der Waals surface area contributed by atoms with E-state index in [9.17, 15) is 0 Å². The van der Waals surface area contributed by atoms with Gasteiger partial charge in [-0.25, -0.2) is 0 Å². The molecule has 0 rings (SSSR count). The SMILES string of the molecule is CCC(Cl)CCCC(C)(C)OC. The molecule has 0 fully saturated rings. The number of halogens is 1. The quantitative estimate of drug-likeness (QED) is 0.585. The molecule has 0 amide bonds. The largest absolute Gasteiger partial charge is 0.379 e. The van der Waals surface area contributed by atoms with E-state index in [2.05, 4.69) is 20.8 Å². The summed E-state index contributed by atoms with van der Waals surface area (Å²) in [6.07, 6.45) is 4.41. The fourth-order valence-electron chi connectivity index (χ4n) is 1.06. The molecule has 74 valence electrons. The molecule has 1 unspecified atom stereocenters. The van der Waals surface area contributed by atoms with Crippen LogP contribution in [-0.4, -0.2) is 18.1 Å². The first-order valence-corrected chi connectivity index (χ1v) is 5.14. The van der Waals surface area contributed by atoms with E-state index in [0.717, 1.165) is 25.7 Å². The molecule has 0 aromatic rings. The summed E-state index contributed by atoms with van der Waals surface area (Å²) in [7, 11) is 1.76. The Bertz CT molecular complexity index is 112. The van der Waals surface area contributed by atoms with E-state index < -0.39 is 0 Å². The third-order valence-electron chi connectivity index (χ3n) is 2.29. The number of rotatable bonds is 6. The second-order valence-corrected chi connectivity index (χ2v) is 4.48. The van der Waals surface area contributed by atoms with Crippen molar-refractivity contribution < 1.29 is 4.74 Å². The molecule has 0 aliphatic rings. The van der Waals surface area contributed by atoms with E-state index in [1.807, 2.05) is 0 Å². The standard InChI is InChI=1S/C10H21ClO/c1-5-9(11)7-6-8-10(2,3)12-4/h9H,5-8H2,1-4H3. The molecule has 1 atom stereocenters. The van der Waals surface area contributed by atoms with Crippen LogP contribution in [0.4, 0.5) is 0 Å². The van der Waals surface area contributed by atoms with E-state index in [1.165, 1.54) is 0 Å². The minimum absolute atomic E-state index is 0.0182. The summed E-state index contributed by atoms with van der Waals surface area (Å²) in [5.74, 6) is 0. The van der Waals surface area contributed by atoms with Crippen LogP contribution < -0.4 is 0 Å². The summed E-state index contributed by atoms with van der Waals surface area (Å²) in [4.78, 5) is 0. The van der Waals surface area contributed by atoms with Crippen molar-refractivity contribution in [1.29, 1.82) is 0 Å². The highest BCUT2D eigenvalue weighted by Crippen LogP contribution is 2.19. The zero-order chi connectivity index (χ0) is 9.61. The lowest BCUT2D eigenvalue weighted by Crippen LogP contribution is -2.22. The molecule has 2 heteroatoms. The van der Waals surface area contributed by atoms with Crippen molar-refractivity contribution in [1.82, 2.24) is 0 Å². The smallest absolute Gasteiger partial charge is 0.0622 e. The summed E-state index contributed by atoms with van der Waals surface area (Å²) in [5.41, 5.74) is 0.0182. The molecule has 0 saturated carbocycles. The van der Waals surface area contributed by atoms with Gasteiger partial charge in [-0.2, -0.15) is 0 Å². The first-order valence-electron chi connectivity index (χ1n) is 4.71. The lowest BCUT2D eigenvalue weighted by atomic mass is 10.00. The van der Waals surface area contributed by atoms with Crippen LogP contribution in [0.5, 0.6) is 0 Å². The Morgan fingerprint density at radius 2 is 2.00 bits per heavy atom. The molecule has 0 aromatic carbocycles. The molecular formula is C10H21ClO. The van der Waals surface area contributed by atoms with E-state index in [4.69, 9.17) is 16.3 Å². The Kier molecular flexibility index (Phi) is 5.94. The van der Waals surface area contributed by atoms with Crippen LogP contribution >= 0.6 is 11.6 Å². The van der Waals surface area contributed by atoms with Gasteiger partial charge in [0.1, 0.15) is 0 Å².